The predicted octanol–water partition coefficient (Wildman–Crippen LogP) is 4.79. The second-order valence-electron chi connectivity index (χ2n) is 5.90. The van der Waals surface area contributed by atoms with Crippen molar-refractivity contribution < 1.29 is 13.2 Å². The monoisotopic (exact) mass is 222 g/mol. The fraction of sp³-hybridized carbons (Fsp3) is 1.00. The van der Waals surface area contributed by atoms with E-state index >= 15 is 0 Å². The van der Waals surface area contributed by atoms with E-state index in [1.54, 1.807) is 0 Å². The number of alkyl halides is 3. The smallest absolute Gasteiger partial charge is 0.171 e. The molecule has 1 aliphatic carbocycles. The van der Waals surface area contributed by atoms with Gasteiger partial charge >= 0.3 is 6.18 Å². The highest BCUT2D eigenvalue weighted by molar-refractivity contribution is 4.83. The van der Waals surface area contributed by atoms with Crippen molar-refractivity contribution in [2.24, 2.45) is 17.3 Å². The summed E-state index contributed by atoms with van der Waals surface area (Å²) in [6.45, 7) is 6.55. The maximum Gasteiger partial charge on any atom is 0.389 e. The minimum Gasteiger partial charge on any atom is -0.171 e. The van der Waals surface area contributed by atoms with Gasteiger partial charge in [0.2, 0.25) is 0 Å². The van der Waals surface area contributed by atoms with E-state index in [4.69, 9.17) is 0 Å². The van der Waals surface area contributed by atoms with Gasteiger partial charge in [-0.05, 0) is 36.5 Å². The number of hydrogen-bond donors (Lipinski definition) is 0. The Bertz CT molecular complexity index is 200. The summed E-state index contributed by atoms with van der Waals surface area (Å²) in [7, 11) is 0. The summed E-state index contributed by atoms with van der Waals surface area (Å²) in [5, 5.41) is 0. The van der Waals surface area contributed by atoms with E-state index in [1.165, 1.54) is 0 Å². The molecule has 0 nitrogen and oxygen atoms in total. The zero-order valence-electron chi connectivity index (χ0n) is 9.82. The van der Waals surface area contributed by atoms with Crippen molar-refractivity contribution >= 4 is 0 Å². The Morgan fingerprint density at radius 2 is 1.67 bits per heavy atom. The minimum absolute atomic E-state index is 0.257. The summed E-state index contributed by atoms with van der Waals surface area (Å²) in [5.74, 6) is 0.909. The molecule has 0 radical (unpaired) electrons. The Kier molecular flexibility index (Phi) is 3.72. The van der Waals surface area contributed by atoms with Crippen molar-refractivity contribution in [3.63, 3.8) is 0 Å². The van der Waals surface area contributed by atoms with Crippen LogP contribution in [-0.2, 0) is 0 Å². The molecule has 90 valence electrons. The molecule has 1 aliphatic rings. The largest absolute Gasteiger partial charge is 0.389 e. The van der Waals surface area contributed by atoms with E-state index in [0.29, 0.717) is 18.3 Å². The zero-order valence-corrected chi connectivity index (χ0v) is 9.82. The molecule has 0 N–H and O–H groups in total. The van der Waals surface area contributed by atoms with Crippen LogP contribution in [0.1, 0.15) is 52.9 Å². The Morgan fingerprint density at radius 1 is 1.07 bits per heavy atom. The third kappa shape index (κ3) is 4.43. The lowest BCUT2D eigenvalue weighted by molar-refractivity contribution is -0.137. The highest BCUT2D eigenvalue weighted by Crippen LogP contribution is 2.44. The fourth-order valence-electron chi connectivity index (χ4n) is 2.49. The number of hydrogen-bond acceptors (Lipinski definition) is 0. The summed E-state index contributed by atoms with van der Waals surface area (Å²) < 4.78 is 36.1. The standard InChI is InChI=1S/C12H21F3/c1-11(2,3)10-5-4-9(8-10)6-7-12(13,14)15/h9-10H,4-8H2,1-3H3. The normalized spacial score (nSPS) is 28.4. The van der Waals surface area contributed by atoms with Gasteiger partial charge in [0, 0.05) is 6.42 Å². The molecule has 0 aromatic rings. The van der Waals surface area contributed by atoms with Gasteiger partial charge in [0.15, 0.2) is 0 Å². The van der Waals surface area contributed by atoms with Crippen LogP contribution >= 0.6 is 0 Å². The first kappa shape index (κ1) is 12.9. The lowest BCUT2D eigenvalue weighted by atomic mass is 9.79. The van der Waals surface area contributed by atoms with Gasteiger partial charge in [-0.25, -0.2) is 0 Å². The molecule has 0 saturated heterocycles. The first-order valence-electron chi connectivity index (χ1n) is 5.75. The molecule has 0 heterocycles. The Labute approximate surface area is 90.2 Å². The van der Waals surface area contributed by atoms with Crippen LogP contribution in [0.4, 0.5) is 13.2 Å². The molecule has 0 aromatic carbocycles. The van der Waals surface area contributed by atoms with Gasteiger partial charge in [-0.15, -0.1) is 0 Å². The summed E-state index contributed by atoms with van der Waals surface area (Å²) in [4.78, 5) is 0. The van der Waals surface area contributed by atoms with Crippen LogP contribution in [0.3, 0.4) is 0 Å². The quantitative estimate of drug-likeness (QED) is 0.630. The Balaban J connectivity index is 2.31. The Morgan fingerprint density at radius 3 is 2.07 bits per heavy atom. The molecule has 0 aliphatic heterocycles. The van der Waals surface area contributed by atoms with Crippen LogP contribution in [0.15, 0.2) is 0 Å². The first-order valence-corrected chi connectivity index (χ1v) is 5.75. The van der Waals surface area contributed by atoms with E-state index in [1.807, 2.05) is 0 Å². The molecule has 1 rings (SSSR count). The van der Waals surface area contributed by atoms with Crippen LogP contribution in [-0.4, -0.2) is 6.18 Å². The maximum absolute atomic E-state index is 12.0. The van der Waals surface area contributed by atoms with Crippen LogP contribution in [0.2, 0.25) is 0 Å². The summed E-state index contributed by atoms with van der Waals surface area (Å²) in [6, 6.07) is 0. The van der Waals surface area contributed by atoms with Crippen molar-refractivity contribution in [3.05, 3.63) is 0 Å². The third-order valence-corrected chi connectivity index (χ3v) is 3.60. The van der Waals surface area contributed by atoms with E-state index in [-0.39, 0.29) is 5.41 Å². The van der Waals surface area contributed by atoms with Crippen LogP contribution < -0.4 is 0 Å². The second-order valence-corrected chi connectivity index (χ2v) is 5.90. The molecule has 0 spiro atoms. The predicted molar refractivity (Wildman–Crippen MR) is 55.6 cm³/mol. The summed E-state index contributed by atoms with van der Waals surface area (Å²) >= 11 is 0. The van der Waals surface area contributed by atoms with Gasteiger partial charge in [0.1, 0.15) is 0 Å². The second kappa shape index (κ2) is 4.34. The van der Waals surface area contributed by atoms with Crippen molar-refractivity contribution in [2.45, 2.75) is 59.1 Å². The molecule has 0 amide bonds. The van der Waals surface area contributed by atoms with Gasteiger partial charge in [-0.1, -0.05) is 27.2 Å². The molecule has 2 unspecified atom stereocenters. The summed E-state index contributed by atoms with van der Waals surface area (Å²) in [6.07, 6.45) is -1.17. The van der Waals surface area contributed by atoms with E-state index < -0.39 is 12.6 Å². The van der Waals surface area contributed by atoms with Crippen molar-refractivity contribution in [1.82, 2.24) is 0 Å². The lowest BCUT2D eigenvalue weighted by Gasteiger charge is -2.27. The highest BCUT2D eigenvalue weighted by atomic mass is 19.4. The molecule has 1 saturated carbocycles. The number of rotatable bonds is 2. The molecule has 0 aromatic heterocycles. The molecule has 3 heteroatoms. The SMILES string of the molecule is CC(C)(C)C1CCC(CCC(F)(F)F)C1. The molecule has 2 atom stereocenters. The molecule has 0 bridgehead atoms. The maximum atomic E-state index is 12.0. The van der Waals surface area contributed by atoms with Gasteiger partial charge in [-0.2, -0.15) is 13.2 Å². The van der Waals surface area contributed by atoms with Crippen molar-refractivity contribution in [2.75, 3.05) is 0 Å². The third-order valence-electron chi connectivity index (χ3n) is 3.60. The molecule has 1 fully saturated rings. The lowest BCUT2D eigenvalue weighted by Crippen LogP contribution is -2.17. The fourth-order valence-corrected chi connectivity index (χ4v) is 2.49. The molecule has 15 heavy (non-hydrogen) atoms. The molecular formula is C12H21F3. The van der Waals surface area contributed by atoms with Crippen LogP contribution in [0.25, 0.3) is 0 Å². The minimum atomic E-state index is -3.97. The first-order chi connectivity index (χ1) is 6.68. The average Bonchev–Trinajstić information content (AvgIpc) is 2.45. The molecular weight excluding hydrogens is 201 g/mol. The van der Waals surface area contributed by atoms with Gasteiger partial charge in [-0.3, -0.25) is 0 Å². The summed E-state index contributed by atoms with van der Waals surface area (Å²) in [5.41, 5.74) is 0.257. The van der Waals surface area contributed by atoms with Crippen LogP contribution in [0, 0.1) is 17.3 Å². The topological polar surface area (TPSA) is 0 Å². The van der Waals surface area contributed by atoms with E-state index in [2.05, 4.69) is 20.8 Å². The average molecular weight is 222 g/mol. The van der Waals surface area contributed by atoms with E-state index in [9.17, 15) is 13.2 Å². The van der Waals surface area contributed by atoms with Crippen molar-refractivity contribution in [1.29, 1.82) is 0 Å². The van der Waals surface area contributed by atoms with Crippen molar-refractivity contribution in [3.8, 4) is 0 Å². The van der Waals surface area contributed by atoms with Gasteiger partial charge in [0.05, 0.1) is 0 Å². The van der Waals surface area contributed by atoms with Gasteiger partial charge < -0.3 is 0 Å². The van der Waals surface area contributed by atoms with Crippen LogP contribution in [0.5, 0.6) is 0 Å². The van der Waals surface area contributed by atoms with E-state index in [0.717, 1.165) is 19.3 Å². The Hall–Kier alpha value is -0.210. The highest BCUT2D eigenvalue weighted by Gasteiger charge is 2.35. The number of halogens is 3. The van der Waals surface area contributed by atoms with Gasteiger partial charge in [0.25, 0.3) is 0 Å². The zero-order chi connectivity index (χ0) is 11.7.